The van der Waals surface area contributed by atoms with Gasteiger partial charge in [0.05, 0.1) is 15.8 Å². The molecule has 0 radical (unpaired) electrons. The second kappa shape index (κ2) is 14.9. The molecule has 2 aromatic carbocycles. The number of fused-ring (bicyclic) bond motifs is 3. The van der Waals surface area contributed by atoms with Crippen LogP contribution in [0.2, 0.25) is 0 Å². The van der Waals surface area contributed by atoms with E-state index in [1.54, 1.807) is 12.1 Å². The molecule has 0 atom stereocenters. The van der Waals surface area contributed by atoms with Crippen molar-refractivity contribution in [3.8, 4) is 5.75 Å². The van der Waals surface area contributed by atoms with Gasteiger partial charge < -0.3 is 14.5 Å². The van der Waals surface area contributed by atoms with Crippen LogP contribution in [-0.2, 0) is 34.8 Å². The molecular formula is C44H54N3O8S+. The van der Waals surface area contributed by atoms with Crippen LogP contribution in [0.3, 0.4) is 0 Å². The molecule has 0 bridgehead atoms. The third-order valence-electron chi connectivity index (χ3n) is 11.1. The zero-order valence-electron chi connectivity index (χ0n) is 34.0. The summed E-state index contributed by atoms with van der Waals surface area (Å²) in [5.41, 5.74) is 7.08. The highest BCUT2D eigenvalue weighted by atomic mass is 32.2. The maximum atomic E-state index is 12.4. The van der Waals surface area contributed by atoms with Crippen LogP contribution in [0.1, 0.15) is 118 Å². The molecule has 4 heterocycles. The Morgan fingerprint density at radius 2 is 1.71 bits per heavy atom. The molecular weight excluding hydrogens is 731 g/mol. The van der Waals surface area contributed by atoms with Crippen LogP contribution in [0.4, 0.5) is 11.4 Å². The molecule has 12 heteroatoms. The molecule has 2 amide bonds. The van der Waals surface area contributed by atoms with E-state index in [1.165, 1.54) is 17.2 Å². The van der Waals surface area contributed by atoms with E-state index in [0.717, 1.165) is 51.8 Å². The highest BCUT2D eigenvalue weighted by Crippen LogP contribution is 2.47. The van der Waals surface area contributed by atoms with Crippen LogP contribution < -0.4 is 9.64 Å². The van der Waals surface area contributed by atoms with Crippen molar-refractivity contribution in [2.45, 2.75) is 117 Å². The van der Waals surface area contributed by atoms with Crippen molar-refractivity contribution in [2.24, 2.45) is 5.41 Å². The van der Waals surface area contributed by atoms with Crippen LogP contribution >= 0.6 is 0 Å². The van der Waals surface area contributed by atoms with E-state index in [9.17, 15) is 27.4 Å². The number of hydrogen-bond acceptors (Lipinski definition) is 8. The molecule has 1 saturated heterocycles. The number of anilines is 1. The van der Waals surface area contributed by atoms with Gasteiger partial charge in [0.25, 0.3) is 21.9 Å². The number of imide groups is 1. The van der Waals surface area contributed by atoms with Crippen molar-refractivity contribution in [3.05, 3.63) is 83.2 Å². The van der Waals surface area contributed by atoms with Crippen molar-refractivity contribution in [3.63, 3.8) is 0 Å². The lowest BCUT2D eigenvalue weighted by molar-refractivity contribution is -0.438. The quantitative estimate of drug-likeness (QED) is 0.103. The van der Waals surface area contributed by atoms with Crippen molar-refractivity contribution in [1.82, 2.24) is 5.06 Å². The Morgan fingerprint density at radius 1 is 1.02 bits per heavy atom. The van der Waals surface area contributed by atoms with E-state index < -0.39 is 33.3 Å². The lowest BCUT2D eigenvalue weighted by Crippen LogP contribution is -2.45. The Kier molecular flexibility index (Phi) is 10.9. The molecule has 56 heavy (non-hydrogen) atoms. The Bertz CT molecular complexity index is 2250. The van der Waals surface area contributed by atoms with E-state index >= 15 is 0 Å². The zero-order valence-corrected chi connectivity index (χ0v) is 34.8. The number of carbonyl (C=O) groups is 3. The minimum atomic E-state index is -4.43. The van der Waals surface area contributed by atoms with Crippen molar-refractivity contribution in [1.29, 1.82) is 0 Å². The lowest BCUT2D eigenvalue weighted by Gasteiger charge is -2.43. The molecule has 298 valence electrons. The predicted octanol–water partition coefficient (Wildman–Crippen LogP) is 8.46. The second-order valence-corrected chi connectivity index (χ2v) is 18.5. The number of likely N-dealkylation sites (N-methyl/N-ethyl adjacent to an activating group) is 1. The van der Waals surface area contributed by atoms with Crippen molar-refractivity contribution >= 4 is 56.1 Å². The first-order chi connectivity index (χ1) is 26.1. The first-order valence-electron chi connectivity index (χ1n) is 19.4. The van der Waals surface area contributed by atoms with Gasteiger partial charge in [-0.15, -0.1) is 5.06 Å². The molecule has 4 aliphatic heterocycles. The summed E-state index contributed by atoms with van der Waals surface area (Å²) >= 11 is 0. The number of rotatable bonds is 11. The fraction of sp³-hybridized carbons (Fsp3) is 0.455. The number of hydrogen-bond donors (Lipinski definition) is 1. The Hall–Kier alpha value is -4.81. The minimum Gasteiger partial charge on any atom is -0.460 e. The van der Waals surface area contributed by atoms with Gasteiger partial charge in [-0.1, -0.05) is 39.0 Å². The number of nitrogens with zero attached hydrogens (tertiary/aromatic N) is 3. The number of amides is 2. The van der Waals surface area contributed by atoms with Gasteiger partial charge in [-0.25, -0.2) is 4.79 Å². The van der Waals surface area contributed by atoms with E-state index in [4.69, 9.17) is 9.57 Å². The molecule has 0 aliphatic carbocycles. The highest BCUT2D eigenvalue weighted by molar-refractivity contribution is 7.85. The molecule has 2 aromatic rings. The molecule has 11 nitrogen and oxygen atoms in total. The van der Waals surface area contributed by atoms with Gasteiger partial charge in [0, 0.05) is 78.2 Å². The van der Waals surface area contributed by atoms with E-state index in [1.807, 2.05) is 19.9 Å². The van der Waals surface area contributed by atoms with Crippen LogP contribution in [0.15, 0.2) is 71.4 Å². The van der Waals surface area contributed by atoms with Gasteiger partial charge >= 0.3 is 5.97 Å². The van der Waals surface area contributed by atoms with Gasteiger partial charge in [0.15, 0.2) is 5.71 Å². The monoisotopic (exact) mass is 784 g/mol. The maximum absolute atomic E-state index is 12.4. The Balaban J connectivity index is 1.32. The Morgan fingerprint density at radius 3 is 2.36 bits per heavy atom. The lowest BCUT2D eigenvalue weighted by atomic mass is 9.81. The van der Waals surface area contributed by atoms with Gasteiger partial charge in [-0.2, -0.15) is 13.0 Å². The van der Waals surface area contributed by atoms with E-state index in [2.05, 4.69) is 94.4 Å². The minimum absolute atomic E-state index is 0.0435. The zero-order chi connectivity index (χ0) is 41.0. The van der Waals surface area contributed by atoms with Crippen LogP contribution in [0, 0.1) is 5.41 Å². The maximum Gasteiger partial charge on any atom is 0.333 e. The van der Waals surface area contributed by atoms with Gasteiger partial charge in [-0.3, -0.25) is 14.1 Å². The summed E-state index contributed by atoms with van der Waals surface area (Å²) in [4.78, 5) is 43.3. The summed E-state index contributed by atoms with van der Waals surface area (Å²) in [7, 11) is -4.43. The number of benzene rings is 2. The summed E-state index contributed by atoms with van der Waals surface area (Å²) in [6.45, 7) is 20.7. The molecule has 1 fully saturated rings. The fourth-order valence-electron chi connectivity index (χ4n) is 8.19. The van der Waals surface area contributed by atoms with E-state index in [0.29, 0.717) is 30.9 Å². The largest absolute Gasteiger partial charge is 0.460 e. The number of unbranched alkanes of at least 4 members (excludes halogenated alkanes) is 2. The van der Waals surface area contributed by atoms with Crippen LogP contribution in [-0.4, -0.2) is 64.7 Å². The topological polar surface area (TPSA) is 134 Å². The number of hydroxylamine groups is 2. The van der Waals surface area contributed by atoms with Gasteiger partial charge in [0.2, 0.25) is 5.69 Å². The molecule has 0 spiro atoms. The predicted molar refractivity (Wildman–Crippen MR) is 217 cm³/mol. The summed E-state index contributed by atoms with van der Waals surface area (Å²) in [5, 5.41) is 0.570. The normalized spacial score (nSPS) is 19.6. The standard InChI is InChI=1S/C44H53N3O8S/c1-10-46-35-26-36-32(25-31(35)28(2)27-43(46,6)7)29(23-38(54-36)42(3,4)5)15-14-16-37-44(8,9)33-24-30(56(51,52)53)18-19-34(33)45(37)22-13-11-12-17-41(50)55-47-39(48)20-21-40(47)49/h14-16,18-19,23-27H,10-13,17,20-22H2,1-9H3/p+1. The third kappa shape index (κ3) is 7.91. The third-order valence-corrected chi connectivity index (χ3v) is 12.0. The molecule has 0 saturated carbocycles. The molecule has 1 N–H and O–H groups in total. The van der Waals surface area contributed by atoms with Crippen molar-refractivity contribution < 1.29 is 41.5 Å². The Labute approximate surface area is 330 Å². The first kappa shape index (κ1) is 40.8. The number of carbonyl (C=O) groups excluding carboxylic acids is 3. The first-order valence-corrected chi connectivity index (χ1v) is 20.9. The fourth-order valence-corrected chi connectivity index (χ4v) is 8.69. The van der Waals surface area contributed by atoms with Crippen molar-refractivity contribution in [2.75, 3.05) is 18.0 Å². The van der Waals surface area contributed by atoms with Crippen LogP contribution in [0.25, 0.3) is 11.1 Å². The summed E-state index contributed by atoms with van der Waals surface area (Å²) in [6, 6.07) is 9.09. The average Bonchev–Trinajstić information content (AvgIpc) is 3.52. The highest BCUT2D eigenvalue weighted by Gasteiger charge is 2.45. The average molecular weight is 785 g/mol. The second-order valence-electron chi connectivity index (χ2n) is 17.1. The number of allylic oxidation sites excluding steroid dienone is 7. The summed E-state index contributed by atoms with van der Waals surface area (Å²) in [6.07, 6.45) is 12.6. The van der Waals surface area contributed by atoms with Gasteiger partial charge in [0.1, 0.15) is 18.1 Å². The van der Waals surface area contributed by atoms with Crippen LogP contribution in [0.5, 0.6) is 5.75 Å². The van der Waals surface area contributed by atoms with E-state index in [-0.39, 0.29) is 35.1 Å². The van der Waals surface area contributed by atoms with Gasteiger partial charge in [-0.05, 0) is 89.8 Å². The molecule has 0 unspecified atom stereocenters. The summed E-state index contributed by atoms with van der Waals surface area (Å²) in [5.74, 6) is 0.0283. The SMILES string of the molecule is CCN1c2cc3c(cc2C(C)=CC1(C)C)C(=CC=CC1=[N+](CCCCCC(=O)ON2C(=O)CCC2=O)c2ccc(S(=O)(=O)O)cc2C1(C)C)C=C(C(C)(C)C)O3. The smallest absolute Gasteiger partial charge is 0.333 e. The number of ether oxygens (including phenoxy) is 1. The molecule has 0 aromatic heterocycles. The summed E-state index contributed by atoms with van der Waals surface area (Å²) < 4.78 is 43.1. The molecule has 4 aliphatic rings. The molecule has 6 rings (SSSR count).